The van der Waals surface area contributed by atoms with E-state index < -0.39 is 53.6 Å². The predicted octanol–water partition coefficient (Wildman–Crippen LogP) is 4.40. The van der Waals surface area contributed by atoms with Crippen molar-refractivity contribution in [1.29, 1.82) is 0 Å². The van der Waals surface area contributed by atoms with Gasteiger partial charge in [-0.2, -0.15) is 9.61 Å². The molecule has 0 spiro atoms. The molecule has 2 saturated carbocycles. The standard InChI is InChI=1S/C29H37F2N7O5/c1-27(2,3)43-26(41)36(5)22-12-21(34-20-9-7-11-37(25(20)40)18-14-29(30,31)15-18)35-23-19(16-32-38(22)23)24(39)33-17-8-6-10-28(4,42)13-17/h7,9,11-12,16-18,42H,6,8,10,13-15H2,1-5H3,(H,33,39)(H,34,35)/t17-,28-/m1/s1. The van der Waals surface area contributed by atoms with E-state index >= 15 is 0 Å². The lowest BCUT2D eigenvalue weighted by atomic mass is 9.83. The molecule has 3 heterocycles. The molecule has 2 atom stereocenters. The van der Waals surface area contributed by atoms with Gasteiger partial charge in [-0.05, 0) is 65.5 Å². The number of nitrogens with zero attached hydrogens (tertiary/aromatic N) is 5. The van der Waals surface area contributed by atoms with Crippen LogP contribution in [0.3, 0.4) is 0 Å². The molecule has 0 radical (unpaired) electrons. The van der Waals surface area contributed by atoms with E-state index in [4.69, 9.17) is 4.74 Å². The number of carbonyl (C=O) groups excluding carboxylic acids is 2. The van der Waals surface area contributed by atoms with Gasteiger partial charge in [-0.1, -0.05) is 0 Å². The third kappa shape index (κ3) is 6.63. The molecule has 43 heavy (non-hydrogen) atoms. The number of hydrogen-bond donors (Lipinski definition) is 3. The molecule has 0 aromatic carbocycles. The molecule has 2 amide bonds. The Balaban J connectivity index is 1.51. The van der Waals surface area contributed by atoms with Gasteiger partial charge < -0.3 is 25.0 Å². The number of nitrogens with one attached hydrogen (secondary N) is 2. The van der Waals surface area contributed by atoms with E-state index in [1.54, 1.807) is 33.8 Å². The third-order valence-electron chi connectivity index (χ3n) is 7.70. The maximum Gasteiger partial charge on any atom is 0.415 e. The van der Waals surface area contributed by atoms with Crippen LogP contribution in [0.1, 0.15) is 82.6 Å². The number of amides is 2. The fourth-order valence-electron chi connectivity index (χ4n) is 5.54. The van der Waals surface area contributed by atoms with E-state index in [-0.39, 0.29) is 34.6 Å². The molecule has 2 aliphatic carbocycles. The van der Waals surface area contributed by atoms with Crippen LogP contribution in [0.2, 0.25) is 0 Å². The predicted molar refractivity (Wildman–Crippen MR) is 155 cm³/mol. The van der Waals surface area contributed by atoms with Crippen molar-refractivity contribution in [2.75, 3.05) is 17.3 Å². The lowest BCUT2D eigenvalue weighted by molar-refractivity contribution is -0.104. The number of hydrogen-bond acceptors (Lipinski definition) is 8. The fourth-order valence-corrected chi connectivity index (χ4v) is 5.54. The number of aromatic nitrogens is 4. The first-order chi connectivity index (χ1) is 20.0. The van der Waals surface area contributed by atoms with Crippen molar-refractivity contribution in [1.82, 2.24) is 24.5 Å². The Labute approximate surface area is 247 Å². The third-order valence-corrected chi connectivity index (χ3v) is 7.70. The van der Waals surface area contributed by atoms with Crippen LogP contribution in [0.25, 0.3) is 5.65 Å². The van der Waals surface area contributed by atoms with E-state index in [1.807, 2.05) is 0 Å². The van der Waals surface area contributed by atoms with E-state index in [0.29, 0.717) is 19.3 Å². The van der Waals surface area contributed by atoms with E-state index in [0.717, 1.165) is 6.42 Å². The number of halogens is 2. The zero-order valence-corrected chi connectivity index (χ0v) is 24.9. The van der Waals surface area contributed by atoms with Crippen LogP contribution in [0.5, 0.6) is 0 Å². The van der Waals surface area contributed by atoms with Gasteiger partial charge in [0, 0.05) is 44.2 Å². The molecule has 232 valence electrons. The summed E-state index contributed by atoms with van der Waals surface area (Å²) in [5, 5.41) is 20.7. The molecule has 3 aromatic heterocycles. The van der Waals surface area contributed by atoms with Gasteiger partial charge in [-0.3, -0.25) is 14.5 Å². The van der Waals surface area contributed by atoms with Crippen LogP contribution < -0.4 is 21.1 Å². The summed E-state index contributed by atoms with van der Waals surface area (Å²) in [4.78, 5) is 45.4. The molecule has 3 N–H and O–H groups in total. The van der Waals surface area contributed by atoms with Crippen molar-refractivity contribution in [2.24, 2.45) is 0 Å². The highest BCUT2D eigenvalue weighted by molar-refractivity contribution is 6.00. The van der Waals surface area contributed by atoms with Gasteiger partial charge in [-0.15, -0.1) is 0 Å². The quantitative estimate of drug-likeness (QED) is 0.377. The molecule has 5 rings (SSSR count). The molecule has 0 bridgehead atoms. The lowest BCUT2D eigenvalue weighted by Crippen LogP contribution is -2.44. The summed E-state index contributed by atoms with van der Waals surface area (Å²) in [6.45, 7) is 6.93. The molecule has 14 heteroatoms. The molecule has 12 nitrogen and oxygen atoms in total. The van der Waals surface area contributed by atoms with Gasteiger partial charge >= 0.3 is 6.09 Å². The molecular weight excluding hydrogens is 564 g/mol. The minimum Gasteiger partial charge on any atom is -0.443 e. The van der Waals surface area contributed by atoms with Crippen molar-refractivity contribution in [2.45, 2.75) is 95.4 Å². The average Bonchev–Trinajstić information content (AvgIpc) is 3.30. The fraction of sp³-hybridized carbons (Fsp3) is 0.552. The Morgan fingerprint density at radius 3 is 2.60 bits per heavy atom. The first kappa shape index (κ1) is 30.4. The Morgan fingerprint density at radius 1 is 1.23 bits per heavy atom. The van der Waals surface area contributed by atoms with Crippen molar-refractivity contribution >= 4 is 35.0 Å². The Bertz CT molecular complexity index is 1600. The SMILES string of the molecule is CN(C(=O)OC(C)(C)C)c1cc(Nc2cccn(C3CC(F)(F)C3)c2=O)nc2c(C(=O)N[C@@H]3CCC[C@@](C)(O)C3)cnn12. The Hall–Kier alpha value is -4.07. The highest BCUT2D eigenvalue weighted by atomic mass is 19.3. The van der Waals surface area contributed by atoms with Gasteiger partial charge in [0.05, 0.1) is 11.8 Å². The minimum absolute atomic E-state index is 0.0791. The Morgan fingerprint density at radius 2 is 1.95 bits per heavy atom. The molecule has 0 unspecified atom stereocenters. The summed E-state index contributed by atoms with van der Waals surface area (Å²) in [6.07, 6.45) is 3.79. The van der Waals surface area contributed by atoms with Crippen LogP contribution in [-0.2, 0) is 4.74 Å². The summed E-state index contributed by atoms with van der Waals surface area (Å²) in [5.41, 5.74) is -1.88. The number of alkyl halides is 2. The van der Waals surface area contributed by atoms with Crippen molar-refractivity contribution in [3.05, 3.63) is 46.5 Å². The molecular formula is C29H37F2N7O5. The minimum atomic E-state index is -2.80. The molecule has 2 fully saturated rings. The van der Waals surface area contributed by atoms with E-state index in [1.165, 1.54) is 45.6 Å². The first-order valence-corrected chi connectivity index (χ1v) is 14.3. The number of ether oxygens (including phenoxy) is 1. The van der Waals surface area contributed by atoms with Crippen LogP contribution in [-0.4, -0.2) is 66.5 Å². The number of rotatable bonds is 6. The number of pyridine rings is 1. The highest BCUT2D eigenvalue weighted by Gasteiger charge is 2.46. The van der Waals surface area contributed by atoms with Crippen molar-refractivity contribution in [3.8, 4) is 0 Å². The van der Waals surface area contributed by atoms with Crippen LogP contribution in [0, 0.1) is 0 Å². The summed E-state index contributed by atoms with van der Waals surface area (Å²) < 4.78 is 35.1. The maximum absolute atomic E-state index is 13.5. The number of carbonyl (C=O) groups is 2. The summed E-state index contributed by atoms with van der Waals surface area (Å²) in [7, 11) is 1.48. The van der Waals surface area contributed by atoms with Gasteiger partial charge in [-0.25, -0.2) is 18.6 Å². The largest absolute Gasteiger partial charge is 0.443 e. The lowest BCUT2D eigenvalue weighted by Gasteiger charge is -2.36. The average molecular weight is 602 g/mol. The summed E-state index contributed by atoms with van der Waals surface area (Å²) >= 11 is 0. The van der Waals surface area contributed by atoms with Crippen molar-refractivity contribution < 1.29 is 28.2 Å². The highest BCUT2D eigenvalue weighted by Crippen LogP contribution is 2.44. The second-order valence-corrected chi connectivity index (χ2v) is 12.8. The second kappa shape index (κ2) is 10.9. The molecule has 2 aliphatic rings. The zero-order valence-electron chi connectivity index (χ0n) is 24.9. The van der Waals surface area contributed by atoms with Crippen LogP contribution in [0.4, 0.5) is 30.9 Å². The van der Waals surface area contributed by atoms with Gasteiger partial charge in [0.2, 0.25) is 0 Å². The van der Waals surface area contributed by atoms with E-state index in [2.05, 4.69) is 20.7 Å². The summed E-state index contributed by atoms with van der Waals surface area (Å²) in [5.74, 6) is -2.95. The Kier molecular flexibility index (Phi) is 7.69. The van der Waals surface area contributed by atoms with Crippen LogP contribution >= 0.6 is 0 Å². The molecule has 0 saturated heterocycles. The number of anilines is 3. The summed E-state index contributed by atoms with van der Waals surface area (Å²) in [6, 6.07) is 3.66. The number of fused-ring (bicyclic) bond motifs is 1. The number of aliphatic hydroxyl groups is 1. The maximum atomic E-state index is 13.5. The van der Waals surface area contributed by atoms with Gasteiger partial charge in [0.25, 0.3) is 17.4 Å². The second-order valence-electron chi connectivity index (χ2n) is 12.8. The smallest absolute Gasteiger partial charge is 0.415 e. The molecule has 3 aromatic rings. The van der Waals surface area contributed by atoms with E-state index in [9.17, 15) is 28.3 Å². The van der Waals surface area contributed by atoms with Gasteiger partial charge in [0.1, 0.15) is 28.5 Å². The van der Waals surface area contributed by atoms with Crippen molar-refractivity contribution in [3.63, 3.8) is 0 Å². The monoisotopic (exact) mass is 601 g/mol. The van der Waals surface area contributed by atoms with Gasteiger partial charge in [0.15, 0.2) is 5.65 Å². The first-order valence-electron chi connectivity index (χ1n) is 14.3. The van der Waals surface area contributed by atoms with Crippen LogP contribution in [0.15, 0.2) is 35.4 Å². The normalized spacial score (nSPS) is 22.1. The zero-order chi connectivity index (χ0) is 31.3. The molecule has 0 aliphatic heterocycles. The topological polar surface area (TPSA) is 143 Å².